The summed E-state index contributed by atoms with van der Waals surface area (Å²) < 4.78 is 5.31. The summed E-state index contributed by atoms with van der Waals surface area (Å²) >= 11 is 0. The van der Waals surface area contributed by atoms with Crippen molar-refractivity contribution < 1.29 is 9.53 Å². The van der Waals surface area contributed by atoms with Gasteiger partial charge in [-0.05, 0) is 32.2 Å². The highest BCUT2D eigenvalue weighted by Gasteiger charge is 2.49. The number of nitrogens with one attached hydrogen (secondary N) is 1. The van der Waals surface area contributed by atoms with Crippen LogP contribution in [0.2, 0.25) is 0 Å². The van der Waals surface area contributed by atoms with Crippen molar-refractivity contribution in [2.75, 3.05) is 32.8 Å². The third-order valence-electron chi connectivity index (χ3n) is 4.37. The lowest BCUT2D eigenvalue weighted by molar-refractivity contribution is -0.153. The maximum Gasteiger partial charge on any atom is 0.228 e. The number of likely N-dealkylation sites (tertiary alicyclic amines) is 1. The molecule has 4 nitrogen and oxygen atoms in total. The zero-order valence-electron chi connectivity index (χ0n) is 9.71. The fraction of sp³-hybridized carbons (Fsp3) is 0.917. The number of hydrogen-bond donors (Lipinski definition) is 1. The average Bonchev–Trinajstić information content (AvgIpc) is 2.82. The molecule has 1 spiro atoms. The topological polar surface area (TPSA) is 41.6 Å². The second-order valence-electron chi connectivity index (χ2n) is 5.31. The number of amides is 1. The standard InChI is InChI=1S/C12H20N2O2/c15-11(10-2-7-16-8-10)14-6-4-12(14)3-1-5-13-9-12/h10,13H,1-9H2. The van der Waals surface area contributed by atoms with Gasteiger partial charge in [-0.1, -0.05) is 0 Å². The first-order chi connectivity index (χ1) is 7.82. The molecular formula is C12H20N2O2. The van der Waals surface area contributed by atoms with Gasteiger partial charge in [-0.15, -0.1) is 0 Å². The molecule has 1 N–H and O–H groups in total. The molecule has 0 aliphatic carbocycles. The van der Waals surface area contributed by atoms with E-state index in [1.807, 2.05) is 0 Å². The molecule has 2 unspecified atom stereocenters. The minimum atomic E-state index is 0.138. The molecule has 0 radical (unpaired) electrons. The lowest BCUT2D eigenvalue weighted by Gasteiger charge is -2.55. The van der Waals surface area contributed by atoms with Crippen LogP contribution in [0.25, 0.3) is 0 Å². The third-order valence-corrected chi connectivity index (χ3v) is 4.37. The smallest absolute Gasteiger partial charge is 0.228 e. The van der Waals surface area contributed by atoms with Crippen molar-refractivity contribution in [1.29, 1.82) is 0 Å². The SMILES string of the molecule is O=C(C1CCOC1)N1CCC12CCCNC2. The molecule has 0 aromatic heterocycles. The van der Waals surface area contributed by atoms with E-state index >= 15 is 0 Å². The Bertz CT molecular complexity index is 281. The average molecular weight is 224 g/mol. The molecule has 0 aromatic rings. The quantitative estimate of drug-likeness (QED) is 0.700. The molecule has 2 atom stereocenters. The van der Waals surface area contributed by atoms with Crippen LogP contribution in [0.1, 0.15) is 25.7 Å². The van der Waals surface area contributed by atoms with Gasteiger partial charge in [-0.3, -0.25) is 4.79 Å². The van der Waals surface area contributed by atoms with E-state index in [9.17, 15) is 4.79 Å². The van der Waals surface area contributed by atoms with Crippen molar-refractivity contribution in [3.63, 3.8) is 0 Å². The first-order valence-corrected chi connectivity index (χ1v) is 6.42. The first kappa shape index (κ1) is 10.5. The maximum atomic E-state index is 12.3. The van der Waals surface area contributed by atoms with E-state index in [0.29, 0.717) is 12.5 Å². The van der Waals surface area contributed by atoms with Gasteiger partial charge in [-0.2, -0.15) is 0 Å². The second-order valence-corrected chi connectivity index (χ2v) is 5.31. The predicted molar refractivity (Wildman–Crippen MR) is 60.1 cm³/mol. The van der Waals surface area contributed by atoms with Gasteiger partial charge in [0.2, 0.25) is 5.91 Å². The fourth-order valence-electron chi connectivity index (χ4n) is 3.23. The summed E-state index contributed by atoms with van der Waals surface area (Å²) in [6.07, 6.45) is 4.47. The minimum absolute atomic E-state index is 0.138. The molecule has 3 aliphatic heterocycles. The van der Waals surface area contributed by atoms with Crippen LogP contribution in [-0.4, -0.2) is 49.2 Å². The lowest BCUT2D eigenvalue weighted by atomic mass is 9.77. The number of hydrogen-bond acceptors (Lipinski definition) is 3. The van der Waals surface area contributed by atoms with E-state index in [2.05, 4.69) is 10.2 Å². The number of rotatable bonds is 1. The molecule has 3 rings (SSSR count). The number of ether oxygens (including phenoxy) is 1. The van der Waals surface area contributed by atoms with Crippen molar-refractivity contribution in [1.82, 2.24) is 10.2 Å². The van der Waals surface area contributed by atoms with E-state index in [1.165, 1.54) is 19.3 Å². The van der Waals surface area contributed by atoms with E-state index < -0.39 is 0 Å². The Morgan fingerprint density at radius 3 is 2.94 bits per heavy atom. The van der Waals surface area contributed by atoms with Crippen LogP contribution in [0.15, 0.2) is 0 Å². The predicted octanol–water partition coefficient (Wildman–Crippen LogP) is 0.377. The Balaban J connectivity index is 1.67. The van der Waals surface area contributed by atoms with Crippen LogP contribution in [0, 0.1) is 5.92 Å². The van der Waals surface area contributed by atoms with Gasteiger partial charge in [0.05, 0.1) is 18.1 Å². The second kappa shape index (κ2) is 4.00. The van der Waals surface area contributed by atoms with Crippen molar-refractivity contribution in [2.45, 2.75) is 31.2 Å². The Hall–Kier alpha value is -0.610. The van der Waals surface area contributed by atoms with Crippen LogP contribution in [0.5, 0.6) is 0 Å². The molecule has 16 heavy (non-hydrogen) atoms. The van der Waals surface area contributed by atoms with Gasteiger partial charge in [-0.25, -0.2) is 0 Å². The first-order valence-electron chi connectivity index (χ1n) is 6.42. The summed E-state index contributed by atoms with van der Waals surface area (Å²) in [6, 6.07) is 0. The zero-order chi connectivity index (χ0) is 11.0. The number of carbonyl (C=O) groups is 1. The highest BCUT2D eigenvalue weighted by atomic mass is 16.5. The van der Waals surface area contributed by atoms with E-state index in [-0.39, 0.29) is 11.5 Å². The summed E-state index contributed by atoms with van der Waals surface area (Å²) in [7, 11) is 0. The molecule has 3 heterocycles. The van der Waals surface area contributed by atoms with Crippen LogP contribution in [-0.2, 0) is 9.53 Å². The molecule has 3 fully saturated rings. The molecule has 0 saturated carbocycles. The molecule has 0 aromatic carbocycles. The summed E-state index contributed by atoms with van der Waals surface area (Å²) in [5.74, 6) is 0.478. The van der Waals surface area contributed by atoms with Crippen molar-refractivity contribution in [3.8, 4) is 0 Å². The minimum Gasteiger partial charge on any atom is -0.381 e. The Labute approximate surface area is 96.3 Å². The van der Waals surface area contributed by atoms with E-state index in [1.54, 1.807) is 0 Å². The van der Waals surface area contributed by atoms with Gasteiger partial charge >= 0.3 is 0 Å². The fourth-order valence-corrected chi connectivity index (χ4v) is 3.23. The van der Waals surface area contributed by atoms with Crippen LogP contribution < -0.4 is 5.32 Å². The number of carbonyl (C=O) groups excluding carboxylic acids is 1. The summed E-state index contributed by atoms with van der Waals surface area (Å²) in [5.41, 5.74) is 0.165. The van der Waals surface area contributed by atoms with Gasteiger partial charge in [0.25, 0.3) is 0 Å². The zero-order valence-corrected chi connectivity index (χ0v) is 9.71. The molecular weight excluding hydrogens is 204 g/mol. The van der Waals surface area contributed by atoms with Gasteiger partial charge in [0, 0.05) is 19.7 Å². The van der Waals surface area contributed by atoms with Crippen molar-refractivity contribution in [2.24, 2.45) is 5.92 Å². The van der Waals surface area contributed by atoms with Crippen molar-refractivity contribution in [3.05, 3.63) is 0 Å². The molecule has 4 heteroatoms. The molecule has 3 saturated heterocycles. The van der Waals surface area contributed by atoms with Crippen molar-refractivity contribution >= 4 is 5.91 Å². The molecule has 0 bridgehead atoms. The summed E-state index contributed by atoms with van der Waals surface area (Å²) in [6.45, 7) is 4.45. The molecule has 3 aliphatic rings. The Morgan fingerprint density at radius 2 is 2.38 bits per heavy atom. The maximum absolute atomic E-state index is 12.3. The third kappa shape index (κ3) is 1.55. The van der Waals surface area contributed by atoms with Crippen LogP contribution in [0.3, 0.4) is 0 Å². The normalized spacial score (nSPS) is 38.8. The highest BCUT2D eigenvalue weighted by Crippen LogP contribution is 2.38. The Kier molecular flexibility index (Phi) is 2.64. The number of nitrogens with zero attached hydrogens (tertiary/aromatic N) is 1. The van der Waals surface area contributed by atoms with Crippen LogP contribution >= 0.6 is 0 Å². The molecule has 1 amide bonds. The number of piperidine rings is 1. The Morgan fingerprint density at radius 1 is 1.44 bits per heavy atom. The van der Waals surface area contributed by atoms with Gasteiger partial charge in [0.1, 0.15) is 0 Å². The highest BCUT2D eigenvalue weighted by molar-refractivity contribution is 5.81. The lowest BCUT2D eigenvalue weighted by Crippen LogP contribution is -2.68. The van der Waals surface area contributed by atoms with Crippen LogP contribution in [0.4, 0.5) is 0 Å². The monoisotopic (exact) mass is 224 g/mol. The van der Waals surface area contributed by atoms with E-state index in [4.69, 9.17) is 4.74 Å². The summed E-state index contributed by atoms with van der Waals surface area (Å²) in [4.78, 5) is 14.4. The van der Waals surface area contributed by atoms with E-state index in [0.717, 1.165) is 32.7 Å². The largest absolute Gasteiger partial charge is 0.381 e. The molecule has 90 valence electrons. The summed E-state index contributed by atoms with van der Waals surface area (Å²) in [5, 5.41) is 3.43. The van der Waals surface area contributed by atoms with Gasteiger partial charge in [0.15, 0.2) is 0 Å². The van der Waals surface area contributed by atoms with Gasteiger partial charge < -0.3 is 15.0 Å².